The fourth-order valence-corrected chi connectivity index (χ4v) is 1.20. The maximum absolute atomic E-state index is 11.5. The second-order valence-electron chi connectivity index (χ2n) is 3.21. The van der Waals surface area contributed by atoms with E-state index in [0.717, 1.165) is 7.11 Å². The summed E-state index contributed by atoms with van der Waals surface area (Å²) in [4.78, 5) is 45.4. The molecule has 18 heavy (non-hydrogen) atoms. The average Bonchev–Trinajstić information content (AvgIpc) is 2.35. The van der Waals surface area contributed by atoms with Crippen molar-refractivity contribution in [1.82, 2.24) is 4.90 Å². The molecule has 0 aromatic heterocycles. The van der Waals surface area contributed by atoms with Crippen molar-refractivity contribution in [2.24, 2.45) is 11.5 Å². The third-order valence-electron chi connectivity index (χ3n) is 2.07. The average molecular weight is 261 g/mol. The minimum Gasteiger partial charge on any atom is -0.479 e. The molecule has 102 valence electrons. The molecule has 0 radical (unpaired) electrons. The van der Waals surface area contributed by atoms with Crippen molar-refractivity contribution >= 4 is 23.6 Å². The molecule has 1 atom stereocenters. The van der Waals surface area contributed by atoms with Gasteiger partial charge in [-0.05, 0) is 0 Å². The molecule has 0 bridgehead atoms. The van der Waals surface area contributed by atoms with Crippen LogP contribution in [0.15, 0.2) is 0 Å². The Kier molecular flexibility index (Phi) is 6.53. The molecule has 1 unspecified atom stereocenters. The summed E-state index contributed by atoms with van der Waals surface area (Å²) in [6, 6.07) is -1.84. The Bertz CT molecular complexity index is 356. The minimum atomic E-state index is -1.84. The van der Waals surface area contributed by atoms with Crippen LogP contribution in [0.4, 0.5) is 0 Å². The first-order chi connectivity index (χ1) is 8.38. The van der Waals surface area contributed by atoms with Crippen LogP contribution in [0.2, 0.25) is 0 Å². The normalized spacial score (nSPS) is 11.5. The van der Waals surface area contributed by atoms with Gasteiger partial charge in [-0.25, -0.2) is 4.79 Å². The van der Waals surface area contributed by atoms with E-state index in [1.165, 1.54) is 0 Å². The van der Waals surface area contributed by atoms with Gasteiger partial charge in [0.25, 0.3) is 0 Å². The van der Waals surface area contributed by atoms with Gasteiger partial charge in [0.2, 0.25) is 5.91 Å². The number of aliphatic carboxylic acids is 1. The molecule has 0 aromatic carbocycles. The lowest BCUT2D eigenvalue weighted by Crippen LogP contribution is -2.55. The number of hydrogen-bond acceptors (Lipinski definition) is 7. The van der Waals surface area contributed by atoms with E-state index in [4.69, 9.17) is 16.6 Å². The van der Waals surface area contributed by atoms with Gasteiger partial charge in [0.15, 0.2) is 11.8 Å². The van der Waals surface area contributed by atoms with Crippen molar-refractivity contribution < 1.29 is 29.0 Å². The number of carbonyl (C=O) groups excluding carboxylic acids is 3. The van der Waals surface area contributed by atoms with E-state index >= 15 is 0 Å². The summed E-state index contributed by atoms with van der Waals surface area (Å²) in [5, 5.41) is 8.91. The first-order valence-electron chi connectivity index (χ1n) is 4.91. The van der Waals surface area contributed by atoms with Gasteiger partial charge in [-0.2, -0.15) is 0 Å². The Labute approximate surface area is 103 Å². The summed E-state index contributed by atoms with van der Waals surface area (Å²) in [6.07, 6.45) is 0. The van der Waals surface area contributed by atoms with Crippen LogP contribution >= 0.6 is 0 Å². The van der Waals surface area contributed by atoms with Gasteiger partial charge < -0.3 is 26.2 Å². The number of rotatable bonds is 7. The Hall–Kier alpha value is -2.00. The van der Waals surface area contributed by atoms with Gasteiger partial charge in [-0.3, -0.25) is 14.4 Å². The standard InChI is InChI=1S/C9H15N3O6/c1-18-7(15)4-12(6(14)3-11)8(9(16)17)5(13)2-10/h8H,2-4,10-11H2,1H3,(H,16,17). The number of ether oxygens (including phenoxy) is 1. The number of nitrogens with two attached hydrogens (primary N) is 2. The number of carboxylic acid groups (broad SMARTS) is 1. The van der Waals surface area contributed by atoms with Gasteiger partial charge in [-0.15, -0.1) is 0 Å². The summed E-state index contributed by atoms with van der Waals surface area (Å²) >= 11 is 0. The maximum atomic E-state index is 11.5. The molecular weight excluding hydrogens is 246 g/mol. The van der Waals surface area contributed by atoms with Crippen LogP contribution in [0.1, 0.15) is 0 Å². The summed E-state index contributed by atoms with van der Waals surface area (Å²) < 4.78 is 4.31. The van der Waals surface area contributed by atoms with Crippen molar-refractivity contribution in [2.75, 3.05) is 26.7 Å². The molecule has 0 saturated heterocycles. The molecule has 9 heteroatoms. The zero-order valence-electron chi connectivity index (χ0n) is 9.79. The zero-order valence-corrected chi connectivity index (χ0v) is 9.79. The Balaban J connectivity index is 5.23. The smallest absolute Gasteiger partial charge is 0.334 e. The number of carboxylic acids is 1. The maximum Gasteiger partial charge on any atom is 0.334 e. The van der Waals surface area contributed by atoms with Crippen LogP contribution in [-0.2, 0) is 23.9 Å². The van der Waals surface area contributed by atoms with Gasteiger partial charge in [0, 0.05) is 0 Å². The molecule has 5 N–H and O–H groups in total. The Morgan fingerprint density at radius 1 is 1.22 bits per heavy atom. The van der Waals surface area contributed by atoms with E-state index in [0.29, 0.717) is 4.90 Å². The highest BCUT2D eigenvalue weighted by Gasteiger charge is 2.35. The number of methoxy groups -OCH3 is 1. The number of nitrogens with zero attached hydrogens (tertiary/aromatic N) is 1. The van der Waals surface area contributed by atoms with Crippen molar-refractivity contribution in [3.63, 3.8) is 0 Å². The van der Waals surface area contributed by atoms with Crippen LogP contribution in [-0.4, -0.2) is 66.4 Å². The molecule has 0 aromatic rings. The van der Waals surface area contributed by atoms with Crippen molar-refractivity contribution in [3.05, 3.63) is 0 Å². The molecule has 0 aliphatic rings. The van der Waals surface area contributed by atoms with Crippen molar-refractivity contribution in [2.45, 2.75) is 6.04 Å². The van der Waals surface area contributed by atoms with E-state index in [-0.39, 0.29) is 0 Å². The van der Waals surface area contributed by atoms with Gasteiger partial charge in [0.1, 0.15) is 6.54 Å². The number of amides is 1. The molecule has 0 aliphatic heterocycles. The molecule has 0 heterocycles. The minimum absolute atomic E-state index is 0.531. The molecule has 0 fully saturated rings. The Morgan fingerprint density at radius 3 is 2.11 bits per heavy atom. The van der Waals surface area contributed by atoms with Gasteiger partial charge in [-0.1, -0.05) is 0 Å². The second kappa shape index (κ2) is 7.35. The van der Waals surface area contributed by atoms with E-state index in [9.17, 15) is 19.2 Å². The number of esters is 1. The number of Topliss-reactive ketones (excluding diaryl/α,β-unsaturated/α-hetero) is 1. The molecule has 0 rings (SSSR count). The lowest BCUT2D eigenvalue weighted by atomic mass is 10.1. The molecule has 1 amide bonds. The summed E-state index contributed by atoms with van der Waals surface area (Å²) in [6.45, 7) is -1.81. The molecule has 0 aliphatic carbocycles. The van der Waals surface area contributed by atoms with E-state index in [1.807, 2.05) is 0 Å². The summed E-state index contributed by atoms with van der Waals surface area (Å²) in [5.41, 5.74) is 10.1. The second-order valence-corrected chi connectivity index (χ2v) is 3.21. The van der Waals surface area contributed by atoms with Crippen molar-refractivity contribution in [3.8, 4) is 0 Å². The molecule has 0 spiro atoms. The quantitative estimate of drug-likeness (QED) is 0.322. The van der Waals surface area contributed by atoms with Crippen LogP contribution in [0.25, 0.3) is 0 Å². The highest BCUT2D eigenvalue weighted by molar-refractivity contribution is 6.06. The molecular formula is C9H15N3O6. The third kappa shape index (κ3) is 4.11. The first kappa shape index (κ1) is 16.0. The third-order valence-corrected chi connectivity index (χ3v) is 2.07. The topological polar surface area (TPSA) is 153 Å². The largest absolute Gasteiger partial charge is 0.479 e. The number of hydrogen-bond donors (Lipinski definition) is 3. The fourth-order valence-electron chi connectivity index (χ4n) is 1.20. The van der Waals surface area contributed by atoms with Gasteiger partial charge >= 0.3 is 11.9 Å². The predicted octanol–water partition coefficient (Wildman–Crippen LogP) is -3.07. The molecule has 9 nitrogen and oxygen atoms in total. The lowest BCUT2D eigenvalue weighted by Gasteiger charge is -2.26. The number of carbonyl (C=O) groups is 4. The first-order valence-corrected chi connectivity index (χ1v) is 4.91. The zero-order chi connectivity index (χ0) is 14.3. The summed E-state index contributed by atoms with van der Waals surface area (Å²) in [7, 11) is 1.06. The van der Waals surface area contributed by atoms with Crippen LogP contribution in [0.5, 0.6) is 0 Å². The predicted molar refractivity (Wildman–Crippen MR) is 58.3 cm³/mol. The highest BCUT2D eigenvalue weighted by atomic mass is 16.5. The van der Waals surface area contributed by atoms with E-state index in [2.05, 4.69) is 4.74 Å². The van der Waals surface area contributed by atoms with Gasteiger partial charge in [0.05, 0.1) is 20.2 Å². The van der Waals surface area contributed by atoms with Crippen molar-refractivity contribution in [1.29, 1.82) is 0 Å². The highest BCUT2D eigenvalue weighted by Crippen LogP contribution is 2.03. The van der Waals surface area contributed by atoms with E-state index in [1.54, 1.807) is 0 Å². The van der Waals surface area contributed by atoms with Crippen LogP contribution in [0, 0.1) is 0 Å². The lowest BCUT2D eigenvalue weighted by molar-refractivity contribution is -0.157. The number of ketones is 1. The molecule has 0 saturated carbocycles. The van der Waals surface area contributed by atoms with Crippen LogP contribution in [0.3, 0.4) is 0 Å². The monoisotopic (exact) mass is 261 g/mol. The summed E-state index contributed by atoms with van der Waals surface area (Å²) in [5.74, 6) is -4.23. The SMILES string of the molecule is COC(=O)CN(C(=O)CN)C(C(=O)O)C(=O)CN. The van der Waals surface area contributed by atoms with Crippen LogP contribution < -0.4 is 11.5 Å². The Morgan fingerprint density at radius 2 is 1.78 bits per heavy atom. The van der Waals surface area contributed by atoms with E-state index < -0.39 is 49.3 Å². The fraction of sp³-hybridized carbons (Fsp3) is 0.556.